The molecule has 2 aromatic carbocycles. The predicted molar refractivity (Wildman–Crippen MR) is 196 cm³/mol. The van der Waals surface area contributed by atoms with E-state index in [1.54, 1.807) is 7.11 Å². The van der Waals surface area contributed by atoms with Gasteiger partial charge in [-0.3, -0.25) is 0 Å². The second kappa shape index (κ2) is 17.9. The maximum atomic E-state index is 6.47. The molecule has 1 aliphatic rings. The van der Waals surface area contributed by atoms with Crippen molar-refractivity contribution in [3.8, 4) is 5.75 Å². The van der Waals surface area contributed by atoms with Gasteiger partial charge >= 0.3 is 0 Å². The Labute approximate surface area is 278 Å². The van der Waals surface area contributed by atoms with Gasteiger partial charge in [-0.1, -0.05) is 131 Å². The molecule has 0 saturated heterocycles. The maximum Gasteiger partial charge on any atom is 0.137 e. The number of benzene rings is 2. The van der Waals surface area contributed by atoms with Gasteiger partial charge in [0, 0.05) is 17.9 Å². The largest absolute Gasteiger partial charge is 0.495 e. The van der Waals surface area contributed by atoms with Crippen molar-refractivity contribution >= 4 is 17.7 Å². The number of hydrogen-bond acceptors (Lipinski definition) is 3. The van der Waals surface area contributed by atoms with Gasteiger partial charge in [0.15, 0.2) is 0 Å². The van der Waals surface area contributed by atoms with Gasteiger partial charge in [0.1, 0.15) is 5.75 Å². The highest BCUT2D eigenvalue weighted by Crippen LogP contribution is 2.35. The normalized spacial score (nSPS) is 23.9. The minimum atomic E-state index is -0.0722. The van der Waals surface area contributed by atoms with Crippen LogP contribution in [0.5, 0.6) is 5.75 Å². The molecule has 1 heterocycles. The Morgan fingerprint density at radius 1 is 1.00 bits per heavy atom. The topological polar surface area (TPSA) is 33.3 Å². The van der Waals surface area contributed by atoms with E-state index >= 15 is 0 Å². The first-order valence-corrected chi connectivity index (χ1v) is 16.8. The molecule has 0 spiro atoms. The highest BCUT2D eigenvalue weighted by Gasteiger charge is 2.24. The van der Waals surface area contributed by atoms with Gasteiger partial charge in [-0.05, 0) is 91.0 Å². The molecule has 3 nitrogen and oxygen atoms in total. The Morgan fingerprint density at radius 2 is 1.73 bits per heavy atom. The van der Waals surface area contributed by atoms with Gasteiger partial charge in [0.25, 0.3) is 0 Å². The van der Waals surface area contributed by atoms with Crippen LogP contribution in [0.25, 0.3) is 6.08 Å². The van der Waals surface area contributed by atoms with Gasteiger partial charge in [-0.15, -0.1) is 0 Å². The van der Waals surface area contributed by atoms with E-state index in [9.17, 15) is 0 Å². The lowest BCUT2D eigenvalue weighted by Gasteiger charge is -2.30. The number of rotatable bonds is 8. The Bertz CT molecular complexity index is 1350. The van der Waals surface area contributed by atoms with Crippen LogP contribution in [0.3, 0.4) is 0 Å². The summed E-state index contributed by atoms with van der Waals surface area (Å²) in [6, 6.07) is 16.4. The third kappa shape index (κ3) is 11.8. The molecule has 0 aliphatic carbocycles. The number of nitrogens with one attached hydrogen (secondary N) is 2. The zero-order chi connectivity index (χ0) is 32.9. The Morgan fingerprint density at radius 3 is 2.40 bits per heavy atom. The highest BCUT2D eigenvalue weighted by atomic mass is 35.5. The minimum Gasteiger partial charge on any atom is -0.495 e. The lowest BCUT2D eigenvalue weighted by Crippen LogP contribution is -2.38. The standard InChI is InChI=1S/C41H55ClN2O/c1-28(2)22-38-23-30(4)32(6)27-43-34(8)40(26-36-20-21-41(45-9)39(42)25-36)44-33(7)14-13-17-37(24-31(38)5)29(3)18-19-35-15-11-10-12-16-35/h10-16,18-21,25,28-29,32,37-38,40,43-44H,4-5,7-8,17,22-24,26-27H2,1-3,6,9H3/b14-13+,19-18+/t29?,32?,37-,38?,40-/m1/s1. The summed E-state index contributed by atoms with van der Waals surface area (Å²) in [4.78, 5) is 0. The zero-order valence-electron chi connectivity index (χ0n) is 28.2. The molecule has 45 heavy (non-hydrogen) atoms. The van der Waals surface area contributed by atoms with Crippen molar-refractivity contribution < 1.29 is 4.74 Å². The van der Waals surface area contributed by atoms with Crippen molar-refractivity contribution in [2.45, 2.75) is 65.8 Å². The molecule has 0 aromatic heterocycles. The fraction of sp³-hybridized carbons (Fsp3) is 0.415. The van der Waals surface area contributed by atoms with Gasteiger partial charge in [-0.25, -0.2) is 0 Å². The number of allylic oxidation sites excluding steroid dienone is 4. The molecule has 5 atom stereocenters. The summed E-state index contributed by atoms with van der Waals surface area (Å²) in [5, 5.41) is 7.85. The molecular formula is C41H55ClN2O. The van der Waals surface area contributed by atoms with E-state index in [0.29, 0.717) is 46.8 Å². The van der Waals surface area contributed by atoms with E-state index < -0.39 is 0 Å². The third-order valence-corrected chi connectivity index (χ3v) is 9.32. The second-order valence-corrected chi connectivity index (χ2v) is 13.7. The average Bonchev–Trinajstić information content (AvgIpc) is 3.01. The first kappa shape index (κ1) is 36.0. The molecule has 0 radical (unpaired) electrons. The van der Waals surface area contributed by atoms with E-state index in [4.69, 9.17) is 22.9 Å². The fourth-order valence-corrected chi connectivity index (χ4v) is 6.28. The Hall–Kier alpha value is -3.43. The summed E-state index contributed by atoms with van der Waals surface area (Å²) in [6.07, 6.45) is 13.7. The van der Waals surface area contributed by atoms with Crippen molar-refractivity contribution in [2.75, 3.05) is 13.7 Å². The SMILES string of the molecule is C=C1/C=C/C[C@@H](C(C)/C=C/c2ccccc2)CC(=C)C(CC(C)C)CC(=C)C(C)CNC(=C)[C@@H](Cc2ccc(OC)c(Cl)c2)N1. The minimum absolute atomic E-state index is 0.0722. The van der Waals surface area contributed by atoms with Crippen molar-refractivity contribution in [1.82, 2.24) is 10.6 Å². The van der Waals surface area contributed by atoms with E-state index in [2.05, 4.69) is 119 Å². The zero-order valence-corrected chi connectivity index (χ0v) is 29.0. The van der Waals surface area contributed by atoms with Crippen LogP contribution in [0.2, 0.25) is 5.02 Å². The summed E-state index contributed by atoms with van der Waals surface area (Å²) in [5.41, 5.74) is 6.71. The molecule has 0 saturated carbocycles. The smallest absolute Gasteiger partial charge is 0.137 e. The lowest BCUT2D eigenvalue weighted by molar-refractivity contribution is 0.374. The molecule has 1 aliphatic heterocycles. The maximum absolute atomic E-state index is 6.47. The third-order valence-electron chi connectivity index (χ3n) is 9.03. The highest BCUT2D eigenvalue weighted by molar-refractivity contribution is 6.32. The molecule has 3 rings (SSSR count). The summed E-state index contributed by atoms with van der Waals surface area (Å²) < 4.78 is 5.36. The first-order chi connectivity index (χ1) is 21.5. The van der Waals surface area contributed by atoms with Crippen LogP contribution in [0, 0.1) is 29.6 Å². The van der Waals surface area contributed by atoms with Gasteiger partial charge < -0.3 is 15.4 Å². The number of halogens is 1. The average molecular weight is 627 g/mol. The van der Waals surface area contributed by atoms with Crippen LogP contribution < -0.4 is 15.4 Å². The summed E-state index contributed by atoms with van der Waals surface area (Å²) in [7, 11) is 1.63. The Kier molecular flexibility index (Phi) is 14.3. The lowest BCUT2D eigenvalue weighted by atomic mass is 9.77. The van der Waals surface area contributed by atoms with Crippen molar-refractivity contribution in [3.05, 3.63) is 132 Å². The summed E-state index contributed by atoms with van der Waals surface area (Å²) in [6.45, 7) is 28.0. The molecule has 4 heteroatoms. The van der Waals surface area contributed by atoms with Crippen LogP contribution in [0.4, 0.5) is 0 Å². The number of methoxy groups -OCH3 is 1. The van der Waals surface area contributed by atoms with E-state index in [-0.39, 0.29) is 6.04 Å². The number of ether oxygens (including phenoxy) is 1. The molecule has 242 valence electrons. The van der Waals surface area contributed by atoms with Gasteiger partial charge in [0.05, 0.1) is 18.2 Å². The summed E-state index contributed by atoms with van der Waals surface area (Å²) in [5.74, 6) is 2.77. The Balaban J connectivity index is 1.89. The molecule has 0 amide bonds. The first-order valence-electron chi connectivity index (χ1n) is 16.4. The van der Waals surface area contributed by atoms with Crippen LogP contribution in [0.1, 0.15) is 64.5 Å². The monoisotopic (exact) mass is 626 g/mol. The van der Waals surface area contributed by atoms with Gasteiger partial charge in [0.2, 0.25) is 0 Å². The molecule has 2 N–H and O–H groups in total. The second-order valence-electron chi connectivity index (χ2n) is 13.3. The fourth-order valence-electron chi connectivity index (χ4n) is 6.00. The van der Waals surface area contributed by atoms with E-state index in [1.165, 1.54) is 16.7 Å². The molecular weight excluding hydrogens is 572 g/mol. The van der Waals surface area contributed by atoms with Crippen molar-refractivity contribution in [3.63, 3.8) is 0 Å². The van der Waals surface area contributed by atoms with E-state index in [0.717, 1.165) is 49.2 Å². The van der Waals surface area contributed by atoms with Crippen molar-refractivity contribution in [2.24, 2.45) is 29.6 Å². The molecule has 2 aromatic rings. The molecule has 0 bridgehead atoms. The van der Waals surface area contributed by atoms with Crippen LogP contribution in [-0.2, 0) is 6.42 Å². The van der Waals surface area contributed by atoms with Crippen LogP contribution in [-0.4, -0.2) is 19.7 Å². The summed E-state index contributed by atoms with van der Waals surface area (Å²) >= 11 is 6.47. The van der Waals surface area contributed by atoms with Crippen LogP contribution >= 0.6 is 11.6 Å². The van der Waals surface area contributed by atoms with Crippen LogP contribution in [0.15, 0.2) is 116 Å². The van der Waals surface area contributed by atoms with Crippen molar-refractivity contribution in [1.29, 1.82) is 0 Å². The van der Waals surface area contributed by atoms with E-state index in [1.807, 2.05) is 12.1 Å². The molecule has 0 fully saturated rings. The van der Waals surface area contributed by atoms with Gasteiger partial charge in [-0.2, -0.15) is 0 Å². The quantitative estimate of drug-likeness (QED) is 0.286. The number of hydrogen-bond donors (Lipinski definition) is 2. The molecule has 3 unspecified atom stereocenters. The predicted octanol–water partition coefficient (Wildman–Crippen LogP) is 10.6.